The van der Waals surface area contributed by atoms with E-state index in [0.717, 1.165) is 0 Å². The van der Waals surface area contributed by atoms with Gasteiger partial charge in [-0.2, -0.15) is 12.6 Å². The predicted octanol–water partition coefficient (Wildman–Crippen LogP) is 0.776. The Bertz CT molecular complexity index is 506. The molecule has 2 atom stereocenters. The van der Waals surface area contributed by atoms with Crippen molar-refractivity contribution < 1.29 is 24.9 Å². The van der Waals surface area contributed by atoms with Crippen LogP contribution in [0.4, 0.5) is 0 Å². The van der Waals surface area contributed by atoms with E-state index >= 15 is 0 Å². The van der Waals surface area contributed by atoms with Gasteiger partial charge in [0.25, 0.3) is 0 Å². The first-order valence-corrected chi connectivity index (χ1v) is 6.63. The van der Waals surface area contributed by atoms with Crippen molar-refractivity contribution in [1.82, 2.24) is 5.32 Å². The summed E-state index contributed by atoms with van der Waals surface area (Å²) in [5.41, 5.74) is 0.492. The lowest BCUT2D eigenvalue weighted by atomic mass is 10.0. The minimum absolute atomic E-state index is 0.00814. The van der Waals surface area contributed by atoms with Crippen molar-refractivity contribution in [2.75, 3.05) is 5.75 Å². The molecule has 0 saturated heterocycles. The molecule has 0 aliphatic carbocycles. The molecule has 20 heavy (non-hydrogen) atoms. The Kier molecular flexibility index (Phi) is 5.69. The number of nitrogens with one attached hydrogen (secondary N) is 1. The number of thiol groups is 1. The van der Waals surface area contributed by atoms with Gasteiger partial charge in [-0.15, -0.1) is 0 Å². The predicted molar refractivity (Wildman–Crippen MR) is 76.1 cm³/mol. The molecule has 0 saturated carbocycles. The van der Waals surface area contributed by atoms with E-state index in [1.165, 1.54) is 18.2 Å². The van der Waals surface area contributed by atoms with Gasteiger partial charge in [0.1, 0.15) is 6.04 Å². The summed E-state index contributed by atoms with van der Waals surface area (Å²) in [6.45, 7) is 1.65. The molecule has 1 amide bonds. The van der Waals surface area contributed by atoms with Gasteiger partial charge in [0.15, 0.2) is 11.5 Å². The summed E-state index contributed by atoms with van der Waals surface area (Å²) in [5, 5.41) is 30.1. The third kappa shape index (κ3) is 4.34. The van der Waals surface area contributed by atoms with E-state index in [1.807, 2.05) is 0 Å². The molecule has 0 heterocycles. The molecule has 0 spiro atoms. The zero-order valence-corrected chi connectivity index (χ0v) is 11.8. The fourth-order valence-electron chi connectivity index (χ4n) is 1.53. The molecule has 1 aromatic carbocycles. The summed E-state index contributed by atoms with van der Waals surface area (Å²) in [4.78, 5) is 22.8. The number of rotatable bonds is 6. The van der Waals surface area contributed by atoms with Crippen molar-refractivity contribution in [2.24, 2.45) is 5.92 Å². The average Bonchev–Trinajstić information content (AvgIpc) is 2.40. The smallest absolute Gasteiger partial charge is 0.326 e. The van der Waals surface area contributed by atoms with Crippen molar-refractivity contribution in [3.8, 4) is 11.5 Å². The molecule has 1 unspecified atom stereocenters. The molecule has 0 bridgehead atoms. The third-order valence-electron chi connectivity index (χ3n) is 2.82. The summed E-state index contributed by atoms with van der Waals surface area (Å²) >= 11 is 3.98. The highest BCUT2D eigenvalue weighted by Crippen LogP contribution is 2.25. The van der Waals surface area contributed by atoms with E-state index in [-0.39, 0.29) is 17.9 Å². The molecule has 0 aliphatic heterocycles. The highest BCUT2D eigenvalue weighted by molar-refractivity contribution is 7.80. The number of carboxylic acids is 1. The van der Waals surface area contributed by atoms with Crippen LogP contribution < -0.4 is 5.32 Å². The number of amides is 1. The average molecular weight is 299 g/mol. The molecule has 7 heteroatoms. The molecule has 1 rings (SSSR count). The monoisotopic (exact) mass is 299 g/mol. The molecule has 1 aromatic rings. The number of hydrogen-bond acceptors (Lipinski definition) is 5. The van der Waals surface area contributed by atoms with Crippen LogP contribution >= 0.6 is 12.6 Å². The Balaban J connectivity index is 2.79. The lowest BCUT2D eigenvalue weighted by molar-refractivity contribution is -0.142. The first kappa shape index (κ1) is 16.2. The zero-order valence-electron chi connectivity index (χ0n) is 10.9. The van der Waals surface area contributed by atoms with E-state index in [2.05, 4.69) is 17.9 Å². The Morgan fingerprint density at radius 2 is 1.95 bits per heavy atom. The van der Waals surface area contributed by atoms with Crippen LogP contribution in [0.25, 0.3) is 0 Å². The number of carbonyl (C=O) groups excluding carboxylic acids is 1. The Morgan fingerprint density at radius 3 is 2.45 bits per heavy atom. The lowest BCUT2D eigenvalue weighted by Gasteiger charge is -2.17. The molecule has 0 fully saturated rings. The Hall–Kier alpha value is -1.89. The van der Waals surface area contributed by atoms with E-state index in [9.17, 15) is 19.8 Å². The van der Waals surface area contributed by atoms with Gasteiger partial charge in [0.05, 0.1) is 0 Å². The molecule has 0 aromatic heterocycles. The molecule has 110 valence electrons. The molecule has 0 radical (unpaired) electrons. The van der Waals surface area contributed by atoms with Gasteiger partial charge in [-0.25, -0.2) is 4.79 Å². The van der Waals surface area contributed by atoms with Gasteiger partial charge in [-0.1, -0.05) is 13.0 Å². The normalized spacial score (nSPS) is 13.5. The number of carbonyl (C=O) groups is 2. The third-order valence-corrected chi connectivity index (χ3v) is 3.36. The highest BCUT2D eigenvalue weighted by atomic mass is 32.1. The summed E-state index contributed by atoms with van der Waals surface area (Å²) < 4.78 is 0. The lowest BCUT2D eigenvalue weighted by Crippen LogP contribution is -2.44. The van der Waals surface area contributed by atoms with E-state index in [0.29, 0.717) is 11.3 Å². The first-order valence-electron chi connectivity index (χ1n) is 6.00. The second kappa shape index (κ2) is 7.04. The second-order valence-corrected chi connectivity index (χ2v) is 4.88. The maximum Gasteiger partial charge on any atom is 0.326 e. The molecule has 6 nitrogen and oxygen atoms in total. The van der Waals surface area contributed by atoms with E-state index < -0.39 is 23.8 Å². The van der Waals surface area contributed by atoms with Crippen LogP contribution in [-0.2, 0) is 16.0 Å². The fourth-order valence-corrected chi connectivity index (χ4v) is 1.69. The largest absolute Gasteiger partial charge is 0.504 e. The van der Waals surface area contributed by atoms with Crippen molar-refractivity contribution in [1.29, 1.82) is 0 Å². The Morgan fingerprint density at radius 1 is 1.30 bits per heavy atom. The van der Waals surface area contributed by atoms with Crippen LogP contribution in [0.1, 0.15) is 12.5 Å². The summed E-state index contributed by atoms with van der Waals surface area (Å²) in [5.74, 6) is -2.26. The number of carboxylic acid groups (broad SMARTS) is 1. The van der Waals surface area contributed by atoms with Gasteiger partial charge < -0.3 is 20.6 Å². The maximum absolute atomic E-state index is 11.7. The van der Waals surface area contributed by atoms with Crippen LogP contribution in [-0.4, -0.2) is 39.0 Å². The van der Waals surface area contributed by atoms with Gasteiger partial charge in [0, 0.05) is 18.1 Å². The summed E-state index contributed by atoms with van der Waals surface area (Å²) in [7, 11) is 0. The second-order valence-electron chi connectivity index (χ2n) is 4.51. The highest BCUT2D eigenvalue weighted by Gasteiger charge is 2.23. The number of benzene rings is 1. The Labute approximate surface area is 121 Å². The molecular weight excluding hydrogens is 282 g/mol. The summed E-state index contributed by atoms with van der Waals surface area (Å²) in [6, 6.07) is 2.91. The van der Waals surface area contributed by atoms with Gasteiger partial charge in [0.2, 0.25) is 5.91 Å². The molecule has 0 aliphatic rings. The number of hydrogen-bond donors (Lipinski definition) is 5. The van der Waals surface area contributed by atoms with Crippen LogP contribution in [0.3, 0.4) is 0 Å². The topological polar surface area (TPSA) is 107 Å². The first-order chi connectivity index (χ1) is 9.35. The summed E-state index contributed by atoms with van der Waals surface area (Å²) in [6.07, 6.45) is 0.00814. The maximum atomic E-state index is 11.7. The standard InChI is InChI=1S/C13H17NO5S/c1-7(6-20)12(17)14-9(13(18)19)4-8-2-3-10(15)11(16)5-8/h2-3,5,7,9,15-16,20H,4,6H2,1H3,(H,14,17)(H,18,19)/t7?,9-/m1/s1. The molecule has 4 N–H and O–H groups in total. The van der Waals surface area contributed by atoms with Crippen LogP contribution in [0.5, 0.6) is 11.5 Å². The SMILES string of the molecule is CC(CS)C(=O)N[C@H](Cc1ccc(O)c(O)c1)C(=O)O. The van der Waals surface area contributed by atoms with Crippen molar-refractivity contribution >= 4 is 24.5 Å². The van der Waals surface area contributed by atoms with Crippen molar-refractivity contribution in [3.05, 3.63) is 23.8 Å². The number of aliphatic carboxylic acids is 1. The minimum Gasteiger partial charge on any atom is -0.504 e. The van der Waals surface area contributed by atoms with Crippen LogP contribution in [0, 0.1) is 5.92 Å². The molecular formula is C13H17NO5S. The van der Waals surface area contributed by atoms with Crippen LogP contribution in [0.15, 0.2) is 18.2 Å². The van der Waals surface area contributed by atoms with Crippen LogP contribution in [0.2, 0.25) is 0 Å². The van der Waals surface area contributed by atoms with E-state index in [4.69, 9.17) is 5.11 Å². The number of phenols is 2. The van der Waals surface area contributed by atoms with Gasteiger partial charge in [-0.05, 0) is 17.7 Å². The minimum atomic E-state index is -1.17. The van der Waals surface area contributed by atoms with Crippen molar-refractivity contribution in [3.63, 3.8) is 0 Å². The number of phenolic OH excluding ortho intramolecular Hbond substituents is 2. The van der Waals surface area contributed by atoms with Gasteiger partial charge in [-0.3, -0.25) is 4.79 Å². The van der Waals surface area contributed by atoms with Crippen molar-refractivity contribution in [2.45, 2.75) is 19.4 Å². The van der Waals surface area contributed by atoms with Gasteiger partial charge >= 0.3 is 5.97 Å². The zero-order chi connectivity index (χ0) is 15.3. The number of aromatic hydroxyl groups is 2. The quantitative estimate of drug-likeness (QED) is 0.394. The fraction of sp³-hybridized carbons (Fsp3) is 0.385. The van der Waals surface area contributed by atoms with E-state index in [1.54, 1.807) is 6.92 Å².